The van der Waals surface area contributed by atoms with E-state index in [2.05, 4.69) is 28.6 Å². The number of aromatic nitrogens is 1. The third-order valence-corrected chi connectivity index (χ3v) is 6.69. The van der Waals surface area contributed by atoms with Gasteiger partial charge in [-0.1, -0.05) is 6.08 Å². The predicted octanol–water partition coefficient (Wildman–Crippen LogP) is 3.69. The van der Waals surface area contributed by atoms with Crippen molar-refractivity contribution in [1.82, 2.24) is 15.6 Å². The second-order valence-electron chi connectivity index (χ2n) is 7.50. The number of carbonyl (C=O) groups is 1. The number of aryl methyl sites for hydroxylation is 2. The molecule has 0 aliphatic carbocycles. The first-order valence-electron chi connectivity index (χ1n) is 9.85. The van der Waals surface area contributed by atoms with Crippen LogP contribution < -0.4 is 16.2 Å². The van der Waals surface area contributed by atoms with Gasteiger partial charge in [-0.25, -0.2) is 0 Å². The van der Waals surface area contributed by atoms with E-state index in [9.17, 15) is 9.59 Å². The van der Waals surface area contributed by atoms with E-state index in [1.807, 2.05) is 32.2 Å². The highest BCUT2D eigenvalue weighted by Gasteiger charge is 2.23. The van der Waals surface area contributed by atoms with Gasteiger partial charge < -0.3 is 15.6 Å². The van der Waals surface area contributed by atoms with Gasteiger partial charge in [-0.2, -0.15) is 0 Å². The predicted molar refractivity (Wildman–Crippen MR) is 116 cm³/mol. The summed E-state index contributed by atoms with van der Waals surface area (Å²) in [6, 6.07) is 1.92. The minimum absolute atomic E-state index is 0.125. The Morgan fingerprint density at radius 1 is 1.29 bits per heavy atom. The van der Waals surface area contributed by atoms with Gasteiger partial charge >= 0.3 is 0 Å². The summed E-state index contributed by atoms with van der Waals surface area (Å²) in [7, 11) is 0. The van der Waals surface area contributed by atoms with E-state index in [1.165, 1.54) is 10.5 Å². The van der Waals surface area contributed by atoms with Crippen LogP contribution in [0.5, 0.6) is 0 Å². The van der Waals surface area contributed by atoms with Gasteiger partial charge in [0.25, 0.3) is 11.5 Å². The number of allylic oxidation sites excluding steroid dienone is 2. The Balaban J connectivity index is 1.76. The van der Waals surface area contributed by atoms with Crippen molar-refractivity contribution in [3.63, 3.8) is 0 Å². The number of pyridine rings is 1. The molecule has 3 rings (SSSR count). The minimum Gasteiger partial charge on any atom is -0.348 e. The van der Waals surface area contributed by atoms with Crippen molar-refractivity contribution in [1.29, 1.82) is 0 Å². The quantitative estimate of drug-likeness (QED) is 0.718. The maximum absolute atomic E-state index is 12.8. The molecule has 5 nitrogen and oxygen atoms in total. The van der Waals surface area contributed by atoms with Crippen molar-refractivity contribution in [3.05, 3.63) is 60.7 Å². The summed E-state index contributed by atoms with van der Waals surface area (Å²) < 4.78 is 0. The number of amides is 1. The summed E-state index contributed by atoms with van der Waals surface area (Å²) in [5.74, 6) is 0.424. The highest BCUT2D eigenvalue weighted by molar-refractivity contribution is 7.11. The van der Waals surface area contributed by atoms with Gasteiger partial charge in [-0.05, 0) is 82.3 Å². The highest BCUT2D eigenvalue weighted by Crippen LogP contribution is 2.36. The Labute approximate surface area is 170 Å². The number of rotatable bonds is 5. The first kappa shape index (κ1) is 20.6. The summed E-state index contributed by atoms with van der Waals surface area (Å²) in [5, 5.41) is 8.28. The normalized spacial score (nSPS) is 15.6. The summed E-state index contributed by atoms with van der Waals surface area (Å²) in [6.07, 6.45) is 4.47. The molecule has 3 N–H and O–H groups in total. The van der Waals surface area contributed by atoms with Crippen LogP contribution in [-0.4, -0.2) is 24.0 Å². The van der Waals surface area contributed by atoms with E-state index < -0.39 is 0 Å². The fourth-order valence-electron chi connectivity index (χ4n) is 3.98. The monoisotopic (exact) mass is 399 g/mol. The number of nitrogens with one attached hydrogen (secondary N) is 3. The molecule has 6 heteroatoms. The Morgan fingerprint density at radius 3 is 2.64 bits per heavy atom. The van der Waals surface area contributed by atoms with Gasteiger partial charge in [-0.15, -0.1) is 11.3 Å². The molecule has 0 aromatic carbocycles. The molecule has 2 aromatic rings. The van der Waals surface area contributed by atoms with Crippen LogP contribution in [0, 0.1) is 26.7 Å². The van der Waals surface area contributed by atoms with Crippen molar-refractivity contribution in [2.75, 3.05) is 13.1 Å². The van der Waals surface area contributed by atoms with Crippen molar-refractivity contribution < 1.29 is 4.79 Å². The van der Waals surface area contributed by atoms with E-state index in [1.54, 1.807) is 11.3 Å². The molecule has 1 amide bonds. The van der Waals surface area contributed by atoms with Gasteiger partial charge in [-0.3, -0.25) is 9.59 Å². The van der Waals surface area contributed by atoms with Crippen molar-refractivity contribution in [2.24, 2.45) is 5.92 Å². The van der Waals surface area contributed by atoms with E-state index in [-0.39, 0.29) is 18.0 Å². The Morgan fingerprint density at radius 2 is 2.00 bits per heavy atom. The van der Waals surface area contributed by atoms with Crippen LogP contribution in [0.1, 0.15) is 57.4 Å². The SMILES string of the molecule is CC=C(c1scc(C(=O)NCc2c(C)cc(C)[nH]c2=O)c1C)C1CCNCC1. The Hall–Kier alpha value is -2.18. The lowest BCUT2D eigenvalue weighted by atomic mass is 9.87. The van der Waals surface area contributed by atoms with Crippen molar-refractivity contribution in [2.45, 2.75) is 47.1 Å². The van der Waals surface area contributed by atoms with Gasteiger partial charge in [0.2, 0.25) is 0 Å². The van der Waals surface area contributed by atoms with Gasteiger partial charge in [0.05, 0.1) is 5.56 Å². The Bertz CT molecular complexity index is 949. The molecule has 0 saturated carbocycles. The third kappa shape index (κ3) is 4.28. The average molecular weight is 400 g/mol. The first-order valence-corrected chi connectivity index (χ1v) is 10.7. The molecule has 0 atom stereocenters. The zero-order valence-electron chi connectivity index (χ0n) is 17.1. The zero-order valence-corrected chi connectivity index (χ0v) is 17.9. The summed E-state index contributed by atoms with van der Waals surface area (Å²) >= 11 is 1.64. The van der Waals surface area contributed by atoms with Gasteiger partial charge in [0.1, 0.15) is 0 Å². The second kappa shape index (κ2) is 8.88. The van der Waals surface area contributed by atoms with Gasteiger partial charge in [0, 0.05) is 28.1 Å². The molecular formula is C22H29N3O2S. The molecule has 150 valence electrons. The number of H-pyrrole nitrogens is 1. The number of aromatic amines is 1. The number of hydrogen-bond acceptors (Lipinski definition) is 4. The van der Waals surface area contributed by atoms with E-state index in [0.29, 0.717) is 17.0 Å². The lowest BCUT2D eigenvalue weighted by molar-refractivity contribution is 0.0950. The molecule has 0 unspecified atom stereocenters. The molecule has 1 aliphatic heterocycles. The van der Waals surface area contributed by atoms with Crippen LogP contribution in [-0.2, 0) is 6.54 Å². The van der Waals surface area contributed by atoms with Crippen LogP contribution in [0.25, 0.3) is 5.57 Å². The second-order valence-corrected chi connectivity index (χ2v) is 8.38. The number of carbonyl (C=O) groups excluding carboxylic acids is 1. The maximum atomic E-state index is 12.8. The lowest BCUT2D eigenvalue weighted by Gasteiger charge is -2.25. The van der Waals surface area contributed by atoms with Crippen molar-refractivity contribution >= 4 is 22.8 Å². The molecular weight excluding hydrogens is 370 g/mol. The van der Waals surface area contributed by atoms with Gasteiger partial charge in [0.15, 0.2) is 0 Å². The molecule has 2 aromatic heterocycles. The lowest BCUT2D eigenvalue weighted by Crippen LogP contribution is -2.28. The molecule has 28 heavy (non-hydrogen) atoms. The smallest absolute Gasteiger partial charge is 0.253 e. The fraction of sp³-hybridized carbons (Fsp3) is 0.455. The number of hydrogen-bond donors (Lipinski definition) is 3. The maximum Gasteiger partial charge on any atom is 0.253 e. The molecule has 0 bridgehead atoms. The Kier molecular flexibility index (Phi) is 6.52. The first-order chi connectivity index (χ1) is 13.4. The molecule has 1 aliphatic rings. The third-order valence-electron chi connectivity index (χ3n) is 5.56. The largest absolute Gasteiger partial charge is 0.348 e. The van der Waals surface area contributed by atoms with Crippen LogP contribution in [0.15, 0.2) is 22.3 Å². The topological polar surface area (TPSA) is 74.0 Å². The molecule has 3 heterocycles. The molecule has 1 fully saturated rings. The summed E-state index contributed by atoms with van der Waals surface area (Å²) in [5.41, 5.74) is 5.28. The molecule has 1 saturated heterocycles. The number of piperidine rings is 1. The van der Waals surface area contributed by atoms with Crippen LogP contribution in [0.2, 0.25) is 0 Å². The van der Waals surface area contributed by atoms with Crippen molar-refractivity contribution in [3.8, 4) is 0 Å². The molecule has 0 spiro atoms. The van der Waals surface area contributed by atoms with E-state index in [4.69, 9.17) is 0 Å². The fourth-order valence-corrected chi connectivity index (χ4v) is 5.20. The average Bonchev–Trinajstić information content (AvgIpc) is 3.04. The van der Waals surface area contributed by atoms with Crippen LogP contribution in [0.4, 0.5) is 0 Å². The minimum atomic E-state index is -0.136. The summed E-state index contributed by atoms with van der Waals surface area (Å²) in [6.45, 7) is 10.2. The standard InChI is InChI=1S/C22H29N3O2S/c1-5-17(16-6-8-23-9-7-16)20-15(4)19(12-28-20)21(26)24-11-18-13(2)10-14(3)25-22(18)27/h5,10,12,16,23H,6-9,11H2,1-4H3,(H,24,26)(H,25,27). The molecule has 0 radical (unpaired) electrons. The zero-order chi connectivity index (χ0) is 20.3. The van der Waals surface area contributed by atoms with Crippen LogP contribution >= 0.6 is 11.3 Å². The highest BCUT2D eigenvalue weighted by atomic mass is 32.1. The van der Waals surface area contributed by atoms with E-state index >= 15 is 0 Å². The van der Waals surface area contributed by atoms with E-state index in [0.717, 1.165) is 42.8 Å². The summed E-state index contributed by atoms with van der Waals surface area (Å²) in [4.78, 5) is 29.0. The van der Waals surface area contributed by atoms with Crippen LogP contribution in [0.3, 0.4) is 0 Å². The number of thiophene rings is 1.